The predicted octanol–water partition coefficient (Wildman–Crippen LogP) is 2.70. The lowest BCUT2D eigenvalue weighted by atomic mass is 10.2. The zero-order valence-electron chi connectivity index (χ0n) is 13.7. The molecule has 5 heteroatoms. The Balaban J connectivity index is 2.13. The van der Waals surface area contributed by atoms with Gasteiger partial charge in [-0.2, -0.15) is 5.10 Å². The quantitative estimate of drug-likeness (QED) is 0.851. The van der Waals surface area contributed by atoms with Gasteiger partial charge in [-0.05, 0) is 31.5 Å². The summed E-state index contributed by atoms with van der Waals surface area (Å²) in [5.41, 5.74) is 2.34. The van der Waals surface area contributed by atoms with Crippen LogP contribution in [0.1, 0.15) is 30.9 Å². The van der Waals surface area contributed by atoms with Crippen LogP contribution < -0.4 is 10.2 Å². The fourth-order valence-corrected chi connectivity index (χ4v) is 2.57. The molecule has 0 saturated heterocycles. The van der Waals surface area contributed by atoms with Gasteiger partial charge in [0.1, 0.15) is 11.6 Å². The lowest BCUT2D eigenvalue weighted by Crippen LogP contribution is -2.24. The number of aromatic nitrogens is 2. The van der Waals surface area contributed by atoms with Crippen molar-refractivity contribution in [2.45, 2.75) is 33.9 Å². The SMILES string of the molecule is Cc1nn(C)c(N(C)Cc2ccco2)c1CNCC(C)C. The van der Waals surface area contributed by atoms with E-state index in [-0.39, 0.29) is 0 Å². The van der Waals surface area contributed by atoms with Gasteiger partial charge in [-0.1, -0.05) is 13.8 Å². The Morgan fingerprint density at radius 1 is 1.43 bits per heavy atom. The summed E-state index contributed by atoms with van der Waals surface area (Å²) in [7, 11) is 4.07. The molecule has 0 aliphatic rings. The van der Waals surface area contributed by atoms with Gasteiger partial charge in [-0.15, -0.1) is 0 Å². The Morgan fingerprint density at radius 2 is 2.19 bits per heavy atom. The maximum Gasteiger partial charge on any atom is 0.131 e. The molecular weight excluding hydrogens is 264 g/mol. The van der Waals surface area contributed by atoms with E-state index in [2.05, 4.69) is 43.1 Å². The normalized spacial score (nSPS) is 11.3. The number of furan rings is 1. The summed E-state index contributed by atoms with van der Waals surface area (Å²) in [6.07, 6.45) is 1.71. The van der Waals surface area contributed by atoms with Crippen LogP contribution in [-0.2, 0) is 20.1 Å². The van der Waals surface area contributed by atoms with Gasteiger partial charge >= 0.3 is 0 Å². The van der Waals surface area contributed by atoms with Crippen molar-refractivity contribution in [3.05, 3.63) is 35.4 Å². The second kappa shape index (κ2) is 6.80. The summed E-state index contributed by atoms with van der Waals surface area (Å²) in [6.45, 7) is 9.09. The van der Waals surface area contributed by atoms with Crippen LogP contribution >= 0.6 is 0 Å². The summed E-state index contributed by atoms with van der Waals surface area (Å²) in [5.74, 6) is 2.74. The lowest BCUT2D eigenvalue weighted by Gasteiger charge is -2.20. The largest absolute Gasteiger partial charge is 0.467 e. The van der Waals surface area contributed by atoms with Gasteiger partial charge in [-0.3, -0.25) is 4.68 Å². The van der Waals surface area contributed by atoms with Crippen LogP contribution in [0, 0.1) is 12.8 Å². The van der Waals surface area contributed by atoms with E-state index in [0.717, 1.165) is 36.9 Å². The Hall–Kier alpha value is -1.75. The zero-order chi connectivity index (χ0) is 15.4. The highest BCUT2D eigenvalue weighted by atomic mass is 16.3. The molecule has 21 heavy (non-hydrogen) atoms. The molecule has 0 aromatic carbocycles. The second-order valence-electron chi connectivity index (χ2n) is 5.97. The van der Waals surface area contributed by atoms with Crippen LogP contribution in [0.15, 0.2) is 22.8 Å². The van der Waals surface area contributed by atoms with Crippen molar-refractivity contribution in [2.75, 3.05) is 18.5 Å². The minimum absolute atomic E-state index is 0.645. The summed E-state index contributed by atoms with van der Waals surface area (Å²) >= 11 is 0. The van der Waals surface area contributed by atoms with Gasteiger partial charge in [0.25, 0.3) is 0 Å². The average molecular weight is 290 g/mol. The lowest BCUT2D eigenvalue weighted by molar-refractivity contribution is 0.504. The van der Waals surface area contributed by atoms with Crippen molar-refractivity contribution in [1.82, 2.24) is 15.1 Å². The number of anilines is 1. The van der Waals surface area contributed by atoms with E-state index in [0.29, 0.717) is 5.92 Å². The highest BCUT2D eigenvalue weighted by Crippen LogP contribution is 2.23. The van der Waals surface area contributed by atoms with Gasteiger partial charge < -0.3 is 14.6 Å². The molecule has 116 valence electrons. The van der Waals surface area contributed by atoms with Crippen LogP contribution in [0.4, 0.5) is 5.82 Å². The molecule has 2 rings (SSSR count). The van der Waals surface area contributed by atoms with E-state index in [4.69, 9.17) is 4.42 Å². The number of nitrogens with one attached hydrogen (secondary N) is 1. The average Bonchev–Trinajstić information content (AvgIpc) is 2.98. The van der Waals surface area contributed by atoms with Crippen LogP contribution in [0.25, 0.3) is 0 Å². The van der Waals surface area contributed by atoms with Crippen molar-refractivity contribution in [3.8, 4) is 0 Å². The molecular formula is C16H26N4O. The topological polar surface area (TPSA) is 46.2 Å². The molecule has 2 heterocycles. The first-order valence-corrected chi connectivity index (χ1v) is 7.45. The first-order chi connectivity index (χ1) is 9.99. The molecule has 0 aliphatic heterocycles. The third-order valence-corrected chi connectivity index (χ3v) is 3.50. The summed E-state index contributed by atoms with van der Waals surface area (Å²) < 4.78 is 7.39. The standard InChI is InChI=1S/C16H26N4O/c1-12(2)9-17-10-15-13(3)18-20(5)16(15)19(4)11-14-7-6-8-21-14/h6-8,12,17H,9-11H2,1-5H3. The van der Waals surface area contributed by atoms with Crippen molar-refractivity contribution in [2.24, 2.45) is 13.0 Å². The summed E-state index contributed by atoms with van der Waals surface area (Å²) in [6, 6.07) is 3.92. The fourth-order valence-electron chi connectivity index (χ4n) is 2.57. The minimum atomic E-state index is 0.645. The third-order valence-electron chi connectivity index (χ3n) is 3.50. The monoisotopic (exact) mass is 290 g/mol. The molecule has 0 bridgehead atoms. The van der Waals surface area contributed by atoms with E-state index in [9.17, 15) is 0 Å². The van der Waals surface area contributed by atoms with Crippen molar-refractivity contribution < 1.29 is 4.42 Å². The summed E-state index contributed by atoms with van der Waals surface area (Å²) in [4.78, 5) is 2.19. The number of hydrogen-bond donors (Lipinski definition) is 1. The Morgan fingerprint density at radius 3 is 2.81 bits per heavy atom. The second-order valence-corrected chi connectivity index (χ2v) is 5.97. The molecule has 0 unspecified atom stereocenters. The maximum absolute atomic E-state index is 5.44. The van der Waals surface area contributed by atoms with Gasteiger partial charge in [0.2, 0.25) is 0 Å². The van der Waals surface area contributed by atoms with Gasteiger partial charge in [-0.25, -0.2) is 0 Å². The van der Waals surface area contributed by atoms with Crippen molar-refractivity contribution in [1.29, 1.82) is 0 Å². The molecule has 5 nitrogen and oxygen atoms in total. The molecule has 0 atom stereocenters. The van der Waals surface area contributed by atoms with Crippen molar-refractivity contribution >= 4 is 5.82 Å². The molecule has 0 aliphatic carbocycles. The summed E-state index contributed by atoms with van der Waals surface area (Å²) in [5, 5.41) is 8.07. The van der Waals surface area contributed by atoms with Crippen LogP contribution in [0.2, 0.25) is 0 Å². The first-order valence-electron chi connectivity index (χ1n) is 7.45. The Bertz CT molecular complexity index is 557. The van der Waals surface area contributed by atoms with Crippen LogP contribution in [0.3, 0.4) is 0 Å². The highest BCUT2D eigenvalue weighted by Gasteiger charge is 2.17. The molecule has 0 spiro atoms. The molecule has 0 radical (unpaired) electrons. The van der Waals surface area contributed by atoms with Gasteiger partial charge in [0.05, 0.1) is 18.5 Å². The Labute approximate surface area is 126 Å². The number of nitrogens with zero attached hydrogens (tertiary/aromatic N) is 3. The zero-order valence-corrected chi connectivity index (χ0v) is 13.7. The smallest absolute Gasteiger partial charge is 0.131 e. The first kappa shape index (κ1) is 15.6. The van der Waals surface area contributed by atoms with Crippen LogP contribution in [-0.4, -0.2) is 23.4 Å². The molecule has 1 N–H and O–H groups in total. The number of hydrogen-bond acceptors (Lipinski definition) is 4. The molecule has 0 saturated carbocycles. The number of rotatable bonds is 7. The van der Waals surface area contributed by atoms with E-state index >= 15 is 0 Å². The van der Waals surface area contributed by atoms with E-state index in [1.54, 1.807) is 6.26 Å². The minimum Gasteiger partial charge on any atom is -0.467 e. The molecule has 2 aromatic heterocycles. The van der Waals surface area contributed by atoms with Crippen LogP contribution in [0.5, 0.6) is 0 Å². The third kappa shape index (κ3) is 3.88. The molecule has 0 amide bonds. The van der Waals surface area contributed by atoms with E-state index < -0.39 is 0 Å². The highest BCUT2D eigenvalue weighted by molar-refractivity contribution is 5.49. The maximum atomic E-state index is 5.44. The van der Waals surface area contributed by atoms with Crippen molar-refractivity contribution in [3.63, 3.8) is 0 Å². The molecule has 0 fully saturated rings. The van der Waals surface area contributed by atoms with Gasteiger partial charge in [0, 0.05) is 26.2 Å². The Kier molecular flexibility index (Phi) is 5.07. The predicted molar refractivity (Wildman–Crippen MR) is 85.3 cm³/mol. The van der Waals surface area contributed by atoms with E-state index in [1.807, 2.05) is 23.9 Å². The number of aryl methyl sites for hydroxylation is 2. The van der Waals surface area contributed by atoms with Gasteiger partial charge in [0.15, 0.2) is 0 Å². The van der Waals surface area contributed by atoms with E-state index in [1.165, 1.54) is 5.56 Å². The molecule has 2 aromatic rings. The fraction of sp³-hybridized carbons (Fsp3) is 0.562.